The SMILES string of the molecule is CC(C)C(OC(=O)c1ccc(OC(=O)OC2(C)CCCCC2)cc1)C(F)(F)C(=O)O. The van der Waals surface area contributed by atoms with Gasteiger partial charge < -0.3 is 19.3 Å². The predicted octanol–water partition coefficient (Wildman–Crippen LogP) is 4.83. The number of hydrogen-bond donors (Lipinski definition) is 1. The number of carboxylic acid groups (broad SMARTS) is 1. The predicted molar refractivity (Wildman–Crippen MR) is 102 cm³/mol. The van der Waals surface area contributed by atoms with Crippen LogP contribution < -0.4 is 4.74 Å². The van der Waals surface area contributed by atoms with Crippen LogP contribution in [0.5, 0.6) is 5.75 Å². The number of halogens is 2. The van der Waals surface area contributed by atoms with Crippen LogP contribution in [0, 0.1) is 5.92 Å². The lowest BCUT2D eigenvalue weighted by Gasteiger charge is -2.32. The van der Waals surface area contributed by atoms with Crippen molar-refractivity contribution in [3.8, 4) is 5.75 Å². The van der Waals surface area contributed by atoms with Crippen LogP contribution in [0.3, 0.4) is 0 Å². The Morgan fingerprint density at radius 3 is 2.13 bits per heavy atom. The van der Waals surface area contributed by atoms with Crippen molar-refractivity contribution in [3.05, 3.63) is 29.8 Å². The Morgan fingerprint density at radius 2 is 1.63 bits per heavy atom. The van der Waals surface area contributed by atoms with Crippen LogP contribution in [0.15, 0.2) is 24.3 Å². The first-order valence-corrected chi connectivity index (χ1v) is 9.78. The molecule has 1 fully saturated rings. The highest BCUT2D eigenvalue weighted by Gasteiger charge is 2.51. The van der Waals surface area contributed by atoms with Crippen LogP contribution in [0.2, 0.25) is 0 Å². The Kier molecular flexibility index (Phi) is 7.39. The van der Waals surface area contributed by atoms with Gasteiger partial charge in [-0.25, -0.2) is 14.4 Å². The van der Waals surface area contributed by atoms with Crippen molar-refractivity contribution in [1.82, 2.24) is 0 Å². The van der Waals surface area contributed by atoms with Crippen LogP contribution >= 0.6 is 0 Å². The van der Waals surface area contributed by atoms with Crippen molar-refractivity contribution in [2.45, 2.75) is 70.5 Å². The summed E-state index contributed by atoms with van der Waals surface area (Å²) in [5.74, 6) is -8.54. The molecule has 1 aliphatic rings. The molecule has 1 aromatic rings. The van der Waals surface area contributed by atoms with Crippen LogP contribution in [0.4, 0.5) is 13.6 Å². The molecule has 0 radical (unpaired) electrons. The molecule has 9 heteroatoms. The summed E-state index contributed by atoms with van der Waals surface area (Å²) < 4.78 is 42.9. The number of ether oxygens (including phenoxy) is 3. The molecule has 1 aliphatic carbocycles. The number of alkyl halides is 2. The van der Waals surface area contributed by atoms with Gasteiger partial charge >= 0.3 is 24.0 Å². The Labute approximate surface area is 173 Å². The van der Waals surface area contributed by atoms with Gasteiger partial charge in [-0.05, 0) is 62.8 Å². The van der Waals surface area contributed by atoms with E-state index in [1.165, 1.54) is 38.1 Å². The summed E-state index contributed by atoms with van der Waals surface area (Å²) in [6.45, 7) is 4.50. The van der Waals surface area contributed by atoms with Gasteiger partial charge in [-0.2, -0.15) is 8.78 Å². The smallest absolute Gasteiger partial charge is 0.477 e. The van der Waals surface area contributed by atoms with Crippen LogP contribution in [-0.2, 0) is 14.3 Å². The van der Waals surface area contributed by atoms with E-state index in [1.54, 1.807) is 0 Å². The highest BCUT2D eigenvalue weighted by Crippen LogP contribution is 2.32. The highest BCUT2D eigenvalue weighted by atomic mass is 19.3. The molecular formula is C21H26F2O7. The normalized spacial score (nSPS) is 17.1. The third kappa shape index (κ3) is 5.90. The number of hydrogen-bond acceptors (Lipinski definition) is 6. The maximum Gasteiger partial charge on any atom is 0.514 e. The van der Waals surface area contributed by atoms with Gasteiger partial charge in [0.2, 0.25) is 0 Å². The average Bonchev–Trinajstić information content (AvgIpc) is 2.66. The Hall–Kier alpha value is -2.71. The molecule has 1 aromatic carbocycles. The van der Waals surface area contributed by atoms with Crippen molar-refractivity contribution < 1.29 is 42.5 Å². The zero-order valence-electron chi connectivity index (χ0n) is 17.2. The second kappa shape index (κ2) is 9.40. The van der Waals surface area contributed by atoms with E-state index in [4.69, 9.17) is 19.3 Å². The summed E-state index contributed by atoms with van der Waals surface area (Å²) >= 11 is 0. The van der Waals surface area contributed by atoms with Crippen molar-refractivity contribution in [1.29, 1.82) is 0 Å². The molecule has 7 nitrogen and oxygen atoms in total. The number of carbonyl (C=O) groups excluding carboxylic acids is 2. The summed E-state index contributed by atoms with van der Waals surface area (Å²) in [5.41, 5.74) is -0.665. The van der Waals surface area contributed by atoms with E-state index in [9.17, 15) is 23.2 Å². The van der Waals surface area contributed by atoms with Crippen LogP contribution in [0.25, 0.3) is 0 Å². The topological polar surface area (TPSA) is 99.1 Å². The number of carbonyl (C=O) groups is 3. The molecule has 1 unspecified atom stereocenters. The van der Waals surface area contributed by atoms with E-state index < -0.39 is 41.6 Å². The molecule has 0 saturated heterocycles. The fourth-order valence-corrected chi connectivity index (χ4v) is 3.31. The fraction of sp³-hybridized carbons (Fsp3) is 0.571. The zero-order valence-corrected chi connectivity index (χ0v) is 17.2. The largest absolute Gasteiger partial charge is 0.514 e. The summed E-state index contributed by atoms with van der Waals surface area (Å²) in [6, 6.07) is 5.04. The first-order chi connectivity index (χ1) is 13.9. The summed E-state index contributed by atoms with van der Waals surface area (Å²) in [5, 5.41) is 8.70. The first-order valence-electron chi connectivity index (χ1n) is 9.78. The maximum absolute atomic E-state index is 13.8. The summed E-state index contributed by atoms with van der Waals surface area (Å²) in [4.78, 5) is 35.0. The first kappa shape index (κ1) is 23.6. The van der Waals surface area contributed by atoms with E-state index in [0.717, 1.165) is 32.1 Å². The lowest BCUT2D eigenvalue weighted by Crippen LogP contribution is -2.47. The molecule has 0 heterocycles. The van der Waals surface area contributed by atoms with Crippen molar-refractivity contribution in [2.75, 3.05) is 0 Å². The Morgan fingerprint density at radius 1 is 1.07 bits per heavy atom. The monoisotopic (exact) mass is 428 g/mol. The third-order valence-corrected chi connectivity index (χ3v) is 5.01. The van der Waals surface area contributed by atoms with Gasteiger partial charge in [0.1, 0.15) is 11.4 Å². The summed E-state index contributed by atoms with van der Waals surface area (Å²) in [6.07, 6.45) is 1.55. The van der Waals surface area contributed by atoms with Crippen LogP contribution in [-0.4, -0.2) is 40.8 Å². The second-order valence-corrected chi connectivity index (χ2v) is 7.99. The van der Waals surface area contributed by atoms with Crippen molar-refractivity contribution >= 4 is 18.1 Å². The molecule has 166 valence electrons. The molecule has 30 heavy (non-hydrogen) atoms. The van der Waals surface area contributed by atoms with E-state index in [-0.39, 0.29) is 11.3 Å². The molecule has 0 bridgehead atoms. The number of benzene rings is 1. The average molecular weight is 428 g/mol. The van der Waals surface area contributed by atoms with Gasteiger partial charge in [0.05, 0.1) is 5.56 Å². The molecule has 0 aliphatic heterocycles. The van der Waals surface area contributed by atoms with Crippen LogP contribution in [0.1, 0.15) is 63.2 Å². The quantitative estimate of drug-likeness (QED) is 0.491. The third-order valence-electron chi connectivity index (χ3n) is 5.01. The minimum atomic E-state index is -4.23. The second-order valence-electron chi connectivity index (χ2n) is 7.99. The minimum Gasteiger partial charge on any atom is -0.477 e. The molecular weight excluding hydrogens is 402 g/mol. The van der Waals surface area contributed by atoms with Gasteiger partial charge in [0.25, 0.3) is 0 Å². The molecule has 0 spiro atoms. The molecule has 2 rings (SSSR count). The van der Waals surface area contributed by atoms with E-state index in [0.29, 0.717) is 0 Å². The minimum absolute atomic E-state index is 0.0956. The van der Waals surface area contributed by atoms with E-state index in [1.807, 2.05) is 6.92 Å². The van der Waals surface area contributed by atoms with Crippen molar-refractivity contribution in [2.24, 2.45) is 5.92 Å². The van der Waals surface area contributed by atoms with Gasteiger partial charge in [0, 0.05) is 0 Å². The molecule has 1 saturated carbocycles. The number of rotatable bonds is 7. The standard InChI is InChI=1S/C21H26F2O7/c1-13(2)16(21(22,23)18(25)26)29-17(24)14-7-9-15(10-8-14)28-19(27)30-20(3)11-5-4-6-12-20/h7-10,13,16H,4-6,11-12H2,1-3H3,(H,25,26). The zero-order chi connectivity index (χ0) is 22.5. The Bertz CT molecular complexity index is 768. The Balaban J connectivity index is 1.99. The van der Waals surface area contributed by atoms with E-state index in [2.05, 4.69) is 0 Å². The number of aliphatic carboxylic acids is 1. The van der Waals surface area contributed by atoms with E-state index >= 15 is 0 Å². The molecule has 1 atom stereocenters. The van der Waals surface area contributed by atoms with Gasteiger partial charge in [-0.15, -0.1) is 0 Å². The maximum atomic E-state index is 13.8. The molecule has 0 amide bonds. The number of esters is 1. The summed E-state index contributed by atoms with van der Waals surface area (Å²) in [7, 11) is 0. The van der Waals surface area contributed by atoms with Gasteiger partial charge in [-0.3, -0.25) is 0 Å². The lowest BCUT2D eigenvalue weighted by molar-refractivity contribution is -0.187. The molecule has 0 aromatic heterocycles. The van der Waals surface area contributed by atoms with Gasteiger partial charge in [0.15, 0.2) is 6.10 Å². The number of carboxylic acids is 1. The van der Waals surface area contributed by atoms with Crippen molar-refractivity contribution in [3.63, 3.8) is 0 Å². The molecule has 1 N–H and O–H groups in total. The fourth-order valence-electron chi connectivity index (χ4n) is 3.31. The van der Waals surface area contributed by atoms with Gasteiger partial charge in [-0.1, -0.05) is 20.3 Å². The highest BCUT2D eigenvalue weighted by molar-refractivity contribution is 5.90. The lowest BCUT2D eigenvalue weighted by atomic mass is 9.86.